The Hall–Kier alpha value is -8.20. The molecule has 2 aliphatic heterocycles. The first-order valence-corrected chi connectivity index (χ1v) is 32.2. The fourth-order valence-electron chi connectivity index (χ4n) is 10.4. The summed E-state index contributed by atoms with van der Waals surface area (Å²) in [5.74, 6) is 3.34. The highest BCUT2D eigenvalue weighted by atomic mass is 16.6. The number of ether oxygens (including phenoxy) is 18. The Morgan fingerprint density at radius 2 is 0.458 bits per heavy atom. The highest BCUT2D eigenvalue weighted by Gasteiger charge is 2.22. The summed E-state index contributed by atoms with van der Waals surface area (Å²) in [7, 11) is 9.85. The van der Waals surface area contributed by atoms with Crippen molar-refractivity contribution in [1.82, 2.24) is 19.9 Å². The third-order valence-electron chi connectivity index (χ3n) is 14.9. The molecule has 0 spiro atoms. The summed E-state index contributed by atoms with van der Waals surface area (Å²) in [6.45, 7) is 8.96. The van der Waals surface area contributed by atoms with Gasteiger partial charge in [-0.1, -0.05) is 30.3 Å². The maximum atomic E-state index is 6.50. The van der Waals surface area contributed by atoms with Crippen molar-refractivity contribution < 1.29 is 85.3 Å². The van der Waals surface area contributed by atoms with Crippen molar-refractivity contribution >= 4 is 46.4 Å². The van der Waals surface area contributed by atoms with E-state index in [4.69, 9.17) is 95.2 Å². The van der Waals surface area contributed by atoms with E-state index >= 15 is 0 Å². The maximum absolute atomic E-state index is 6.50. The van der Waals surface area contributed by atoms with E-state index in [1.54, 1.807) is 42.7 Å². The lowest BCUT2D eigenvalue weighted by Crippen LogP contribution is -2.11. The van der Waals surface area contributed by atoms with Gasteiger partial charge in [-0.2, -0.15) is 0 Å². The smallest absolute Gasteiger partial charge is 0.123 e. The van der Waals surface area contributed by atoms with Crippen LogP contribution in [0.5, 0.6) is 34.5 Å². The topological polar surface area (TPSA) is 223 Å². The second kappa shape index (κ2) is 40.4. The molecule has 2 N–H and O–H groups in total. The van der Waals surface area contributed by atoms with Crippen molar-refractivity contribution in [2.45, 2.75) is 0 Å². The van der Waals surface area contributed by atoms with Crippen molar-refractivity contribution in [2.24, 2.45) is 0 Å². The molecule has 8 bridgehead atoms. The summed E-state index contributed by atoms with van der Waals surface area (Å²) in [5.41, 5.74) is 12.0. The predicted octanol–water partition coefficient (Wildman–Crippen LogP) is 11.6. The Bertz CT molecular complexity index is 3540. The lowest BCUT2D eigenvalue weighted by atomic mass is 10.0. The van der Waals surface area contributed by atoms with E-state index in [0.29, 0.717) is 171 Å². The normalized spacial score (nSPS) is 11.8. The molecule has 0 aliphatic carbocycles. The van der Waals surface area contributed by atoms with E-state index in [2.05, 4.69) is 52.4 Å². The van der Waals surface area contributed by atoms with Gasteiger partial charge >= 0.3 is 0 Å². The molecule has 0 amide bonds. The van der Waals surface area contributed by atoms with E-state index in [1.165, 1.54) is 0 Å². The lowest BCUT2D eigenvalue weighted by Gasteiger charge is -2.14. The zero-order valence-electron chi connectivity index (χ0n) is 55.9. The summed E-state index contributed by atoms with van der Waals surface area (Å²) in [6, 6.07) is 36.1. The second-order valence-electron chi connectivity index (χ2n) is 21.7. The summed E-state index contributed by atoms with van der Waals surface area (Å²) < 4.78 is 105. The van der Waals surface area contributed by atoms with E-state index in [-0.39, 0.29) is 39.6 Å². The molecule has 22 nitrogen and oxygen atoms in total. The number of methoxy groups -OCH3 is 6. The minimum Gasteiger partial charge on any atom is -0.491 e. The Kier molecular flexibility index (Phi) is 30.3. The van der Waals surface area contributed by atoms with E-state index in [1.807, 2.05) is 91.0 Å². The molecular formula is C74H90N4O18. The van der Waals surface area contributed by atoms with Gasteiger partial charge in [-0.15, -0.1) is 0 Å². The van der Waals surface area contributed by atoms with Crippen LogP contribution in [0.1, 0.15) is 22.8 Å². The molecule has 0 atom stereocenters. The first-order valence-electron chi connectivity index (χ1n) is 32.2. The zero-order chi connectivity index (χ0) is 66.8. The molecule has 9 rings (SSSR count). The first-order chi connectivity index (χ1) is 47.4. The molecule has 514 valence electrons. The van der Waals surface area contributed by atoms with Gasteiger partial charge in [0, 0.05) is 105 Å². The first kappa shape index (κ1) is 72.1. The Morgan fingerprint density at radius 1 is 0.240 bits per heavy atom. The van der Waals surface area contributed by atoms with E-state index in [9.17, 15) is 0 Å². The van der Waals surface area contributed by atoms with Gasteiger partial charge < -0.3 is 95.2 Å². The minimum atomic E-state index is 0.257. The van der Waals surface area contributed by atoms with Crippen LogP contribution in [0, 0.1) is 0 Å². The van der Waals surface area contributed by atoms with Gasteiger partial charge in [0.25, 0.3) is 0 Å². The van der Waals surface area contributed by atoms with Crippen molar-refractivity contribution in [2.75, 3.05) is 201 Å². The third-order valence-corrected chi connectivity index (χ3v) is 14.9. The number of rotatable bonds is 46. The molecular weight excluding hydrogens is 1230 g/mol. The van der Waals surface area contributed by atoms with Gasteiger partial charge in [-0.25, -0.2) is 9.97 Å². The van der Waals surface area contributed by atoms with Crippen LogP contribution in [0.3, 0.4) is 0 Å². The van der Waals surface area contributed by atoms with Gasteiger partial charge in [0.15, 0.2) is 0 Å². The van der Waals surface area contributed by atoms with Crippen LogP contribution in [0.4, 0.5) is 0 Å². The van der Waals surface area contributed by atoms with Gasteiger partial charge in [-0.3, -0.25) is 0 Å². The molecule has 22 heteroatoms. The quantitative estimate of drug-likeness (QED) is 0.0338. The molecule has 4 aromatic carbocycles. The summed E-state index contributed by atoms with van der Waals surface area (Å²) >= 11 is 0. The van der Waals surface area contributed by atoms with Crippen LogP contribution in [0.2, 0.25) is 0 Å². The SMILES string of the molecule is COCCOCCOc1cc(OCCOCCOC)cc(-c2c3nc(c(-c4cc(OCCOCCOC)cc(OCCOCCOC)c4)c4ccc([nH]4)c(-c4cc(OCCOCCOC)cc(OCCOCCOC)c4)c4nc(c(-c5ccccc5)c5ccc2[nH]5)C=C4)C=C3)c1. The van der Waals surface area contributed by atoms with Crippen LogP contribution in [-0.4, -0.2) is 221 Å². The highest BCUT2D eigenvalue weighted by molar-refractivity contribution is 6.00. The molecule has 0 saturated carbocycles. The van der Waals surface area contributed by atoms with Gasteiger partial charge in [0.1, 0.15) is 74.1 Å². The van der Waals surface area contributed by atoms with Crippen molar-refractivity contribution in [3.63, 3.8) is 0 Å². The average Bonchev–Trinajstić information content (AvgIpc) is 1.66. The summed E-state index contributed by atoms with van der Waals surface area (Å²) in [6.07, 6.45) is 8.16. The van der Waals surface area contributed by atoms with Crippen LogP contribution in [0.15, 0.2) is 109 Å². The maximum Gasteiger partial charge on any atom is 0.123 e. The summed E-state index contributed by atoms with van der Waals surface area (Å²) in [4.78, 5) is 19.0. The third kappa shape index (κ3) is 21.9. The molecule has 0 fully saturated rings. The number of benzene rings is 4. The fraction of sp³-hybridized carbons (Fsp3) is 0.405. The standard InChI is InChI=1S/C74H90N4O18/c1-79-20-26-85-32-38-91-57-44-54(45-58(50-57)92-39-33-86-27-21-80-2)72-65-14-12-63(75-65)71(53-10-8-7-9-11-53)64-13-15-66(76-64)73(55-46-59(93-40-34-87-28-22-81-3)51-60(47-55)94-41-35-88-29-23-82-4)68-17-19-70(78-68)74(69-18-16-67(72)77-69)56-48-61(95-42-36-89-30-24-83-5)52-62(49-56)96-43-37-90-31-25-84-6/h7-19,44-52,75,78H,20-43H2,1-6H3. The number of nitrogens with one attached hydrogen (secondary N) is 2. The van der Waals surface area contributed by atoms with Crippen LogP contribution in [-0.2, 0) is 56.8 Å². The van der Waals surface area contributed by atoms with Crippen LogP contribution < -0.4 is 28.4 Å². The Labute approximate surface area is 561 Å². The zero-order valence-corrected chi connectivity index (χ0v) is 55.9. The molecule has 0 radical (unpaired) electrons. The van der Waals surface area contributed by atoms with E-state index < -0.39 is 0 Å². The van der Waals surface area contributed by atoms with Gasteiger partial charge in [-0.05, 0) is 107 Å². The molecule has 7 aromatic rings. The largest absolute Gasteiger partial charge is 0.491 e. The average molecular weight is 1320 g/mol. The number of H-pyrrole nitrogens is 2. The van der Waals surface area contributed by atoms with E-state index in [0.717, 1.165) is 72.3 Å². The van der Waals surface area contributed by atoms with Gasteiger partial charge in [0.05, 0.1) is 142 Å². The Morgan fingerprint density at radius 3 is 0.688 bits per heavy atom. The lowest BCUT2D eigenvalue weighted by molar-refractivity contribution is 0.0532. The minimum absolute atomic E-state index is 0.257. The summed E-state index contributed by atoms with van der Waals surface area (Å²) in [5, 5.41) is 0. The van der Waals surface area contributed by atoms with Crippen molar-refractivity contribution in [3.8, 4) is 79.0 Å². The number of nitrogens with zero attached hydrogens (tertiary/aromatic N) is 2. The number of hydrogen-bond donors (Lipinski definition) is 2. The number of hydrogen-bond acceptors (Lipinski definition) is 20. The molecule has 0 unspecified atom stereocenters. The molecule has 96 heavy (non-hydrogen) atoms. The molecule has 5 heterocycles. The monoisotopic (exact) mass is 1320 g/mol. The van der Waals surface area contributed by atoms with Crippen molar-refractivity contribution in [3.05, 3.63) is 132 Å². The number of fused-ring (bicyclic) bond motifs is 8. The van der Waals surface area contributed by atoms with Crippen LogP contribution in [0.25, 0.3) is 90.9 Å². The number of aromatic nitrogens is 4. The predicted molar refractivity (Wildman–Crippen MR) is 370 cm³/mol. The fourth-order valence-corrected chi connectivity index (χ4v) is 10.4. The second-order valence-corrected chi connectivity index (χ2v) is 21.7. The van der Waals surface area contributed by atoms with Crippen LogP contribution >= 0.6 is 0 Å². The van der Waals surface area contributed by atoms with Crippen molar-refractivity contribution in [1.29, 1.82) is 0 Å². The Balaban J connectivity index is 1.31. The molecule has 3 aromatic heterocycles. The molecule has 2 aliphatic rings. The molecule has 0 saturated heterocycles. The number of aromatic amines is 2. The highest BCUT2D eigenvalue weighted by Crippen LogP contribution is 2.42. The van der Waals surface area contributed by atoms with Gasteiger partial charge in [0.2, 0.25) is 0 Å².